The lowest BCUT2D eigenvalue weighted by Crippen LogP contribution is -2.47. The summed E-state index contributed by atoms with van der Waals surface area (Å²) in [7, 11) is -3.49. The van der Waals surface area contributed by atoms with E-state index < -0.39 is 21.3 Å². The second-order valence-corrected chi connectivity index (χ2v) is 6.42. The minimum atomic E-state index is -3.49. The van der Waals surface area contributed by atoms with Crippen LogP contribution in [0.5, 0.6) is 0 Å². The minimum Gasteiger partial charge on any atom is -0.479 e. The van der Waals surface area contributed by atoms with E-state index in [1.165, 1.54) is 18.3 Å². The molecule has 19 heavy (non-hydrogen) atoms. The van der Waals surface area contributed by atoms with Crippen LogP contribution in [-0.4, -0.2) is 49.5 Å². The fraction of sp³-hybridized carbons (Fsp3) is 0.455. The molecular weight excluding hydrogens is 272 g/mol. The molecule has 1 aromatic heterocycles. The van der Waals surface area contributed by atoms with Crippen molar-refractivity contribution in [3.8, 4) is 0 Å². The van der Waals surface area contributed by atoms with Crippen LogP contribution < -0.4 is 5.32 Å². The Bertz CT molecular complexity index is 593. The number of nitrogens with one attached hydrogen (secondary N) is 1. The largest absolute Gasteiger partial charge is 0.479 e. The Morgan fingerprint density at radius 3 is 2.84 bits per heavy atom. The van der Waals surface area contributed by atoms with Crippen LogP contribution in [0, 0.1) is 0 Å². The summed E-state index contributed by atoms with van der Waals surface area (Å²) in [5.41, 5.74) is -1.33. The van der Waals surface area contributed by atoms with Crippen molar-refractivity contribution in [2.24, 2.45) is 0 Å². The molecule has 1 aliphatic heterocycles. The van der Waals surface area contributed by atoms with E-state index in [1.54, 1.807) is 0 Å². The molecule has 1 unspecified atom stereocenters. The van der Waals surface area contributed by atoms with Crippen LogP contribution >= 0.6 is 0 Å². The average Bonchev–Trinajstić information content (AvgIpc) is 2.78. The van der Waals surface area contributed by atoms with Gasteiger partial charge in [0.15, 0.2) is 15.4 Å². The quantitative estimate of drug-likeness (QED) is 0.811. The highest BCUT2D eigenvalue weighted by Crippen LogP contribution is 2.27. The van der Waals surface area contributed by atoms with E-state index in [0.29, 0.717) is 6.61 Å². The third kappa shape index (κ3) is 2.69. The topological polar surface area (TPSA) is 106 Å². The van der Waals surface area contributed by atoms with E-state index in [-0.39, 0.29) is 23.7 Å². The molecule has 2 rings (SSSR count). The number of carboxylic acids is 1. The summed E-state index contributed by atoms with van der Waals surface area (Å²) in [6, 6.07) is 2.87. The summed E-state index contributed by atoms with van der Waals surface area (Å²) in [6.45, 7) is 0.280. The molecule has 0 radical (unpaired) electrons. The second kappa shape index (κ2) is 4.78. The van der Waals surface area contributed by atoms with Crippen molar-refractivity contribution in [3.63, 3.8) is 0 Å². The van der Waals surface area contributed by atoms with Crippen molar-refractivity contribution < 1.29 is 23.1 Å². The number of nitrogens with zero attached hydrogens (tertiary/aromatic N) is 1. The molecule has 1 atom stereocenters. The molecule has 0 aliphatic carbocycles. The lowest BCUT2D eigenvalue weighted by molar-refractivity contribution is -0.142. The van der Waals surface area contributed by atoms with Crippen molar-refractivity contribution in [2.45, 2.75) is 16.9 Å². The molecule has 1 fully saturated rings. The highest BCUT2D eigenvalue weighted by molar-refractivity contribution is 7.90. The van der Waals surface area contributed by atoms with Gasteiger partial charge in [0.25, 0.3) is 0 Å². The predicted octanol–water partition coefficient (Wildman–Crippen LogP) is 0.141. The molecule has 7 nitrogen and oxygen atoms in total. The van der Waals surface area contributed by atoms with Gasteiger partial charge in [-0.2, -0.15) is 0 Å². The summed E-state index contributed by atoms with van der Waals surface area (Å²) in [5, 5.41) is 12.0. The molecule has 2 heterocycles. The zero-order chi connectivity index (χ0) is 14.1. The molecule has 104 valence electrons. The van der Waals surface area contributed by atoms with Gasteiger partial charge in [-0.05, 0) is 12.1 Å². The van der Waals surface area contributed by atoms with Gasteiger partial charge in [-0.1, -0.05) is 0 Å². The van der Waals surface area contributed by atoms with Gasteiger partial charge < -0.3 is 15.2 Å². The summed E-state index contributed by atoms with van der Waals surface area (Å²) >= 11 is 0. The summed E-state index contributed by atoms with van der Waals surface area (Å²) in [4.78, 5) is 15.3. The molecular formula is C11H14N2O5S. The Labute approximate surface area is 110 Å². The smallest absolute Gasteiger partial charge is 0.331 e. The number of aliphatic carboxylic acids is 1. The zero-order valence-electron chi connectivity index (χ0n) is 10.3. The number of ether oxygens (including phenoxy) is 1. The highest BCUT2D eigenvalue weighted by atomic mass is 32.2. The van der Waals surface area contributed by atoms with E-state index in [9.17, 15) is 18.3 Å². The number of anilines is 1. The Balaban J connectivity index is 2.41. The normalized spacial score (nSPS) is 23.2. The van der Waals surface area contributed by atoms with Gasteiger partial charge in [0.1, 0.15) is 10.7 Å². The molecule has 1 saturated heterocycles. The Morgan fingerprint density at radius 1 is 1.58 bits per heavy atom. The molecule has 1 aromatic rings. The lowest BCUT2D eigenvalue weighted by atomic mass is 9.99. The predicted molar refractivity (Wildman–Crippen MR) is 66.8 cm³/mol. The van der Waals surface area contributed by atoms with Crippen LogP contribution in [0.2, 0.25) is 0 Å². The maximum absolute atomic E-state index is 11.6. The maximum atomic E-state index is 11.6. The van der Waals surface area contributed by atoms with Crippen LogP contribution in [-0.2, 0) is 19.4 Å². The van der Waals surface area contributed by atoms with Gasteiger partial charge in [0, 0.05) is 25.5 Å². The molecule has 1 aliphatic rings. The summed E-state index contributed by atoms with van der Waals surface area (Å²) in [6.07, 6.45) is 2.71. The molecule has 0 spiro atoms. The fourth-order valence-corrected chi connectivity index (χ4v) is 2.68. The van der Waals surface area contributed by atoms with Gasteiger partial charge in [-0.15, -0.1) is 0 Å². The maximum Gasteiger partial charge on any atom is 0.331 e. The van der Waals surface area contributed by atoms with E-state index >= 15 is 0 Å². The number of aromatic nitrogens is 1. The zero-order valence-corrected chi connectivity index (χ0v) is 11.1. The van der Waals surface area contributed by atoms with Gasteiger partial charge in [0.05, 0.1) is 6.61 Å². The van der Waals surface area contributed by atoms with Gasteiger partial charge in [0.2, 0.25) is 0 Å². The van der Waals surface area contributed by atoms with Gasteiger partial charge in [-0.25, -0.2) is 18.2 Å². The first-order valence-corrected chi connectivity index (χ1v) is 7.49. The Hall–Kier alpha value is -1.67. The van der Waals surface area contributed by atoms with Crippen LogP contribution in [0.25, 0.3) is 0 Å². The van der Waals surface area contributed by atoms with Crippen LogP contribution in [0.1, 0.15) is 6.42 Å². The summed E-state index contributed by atoms with van der Waals surface area (Å²) in [5.74, 6) is -1.05. The first-order chi connectivity index (χ1) is 8.85. The number of carboxylic acid groups (broad SMARTS) is 1. The van der Waals surface area contributed by atoms with E-state index in [2.05, 4.69) is 10.3 Å². The SMILES string of the molecule is CS(=O)(=O)c1cccnc1NC1(C(=O)O)CCOC1. The highest BCUT2D eigenvalue weighted by Gasteiger charge is 2.43. The number of hydrogen-bond donors (Lipinski definition) is 2. The monoisotopic (exact) mass is 286 g/mol. The number of hydrogen-bond acceptors (Lipinski definition) is 6. The third-order valence-electron chi connectivity index (χ3n) is 2.96. The summed E-state index contributed by atoms with van der Waals surface area (Å²) < 4.78 is 28.4. The Kier molecular flexibility index (Phi) is 3.46. The second-order valence-electron chi connectivity index (χ2n) is 4.44. The number of sulfone groups is 1. The molecule has 0 aromatic carbocycles. The molecule has 0 bridgehead atoms. The lowest BCUT2D eigenvalue weighted by Gasteiger charge is -2.25. The van der Waals surface area contributed by atoms with E-state index in [1.807, 2.05) is 0 Å². The van der Waals surface area contributed by atoms with Gasteiger partial charge in [-0.3, -0.25) is 0 Å². The minimum absolute atomic E-state index is 0.0254. The number of rotatable bonds is 4. The van der Waals surface area contributed by atoms with Gasteiger partial charge >= 0.3 is 5.97 Å². The molecule has 0 saturated carbocycles. The van der Waals surface area contributed by atoms with E-state index in [4.69, 9.17) is 4.74 Å². The molecule has 0 amide bonds. The Morgan fingerprint density at radius 2 is 2.32 bits per heavy atom. The standard InChI is InChI=1S/C11H14N2O5S/c1-19(16,17)8-3-2-5-12-9(8)13-11(10(14)15)4-6-18-7-11/h2-3,5H,4,6-7H2,1H3,(H,12,13)(H,14,15). The van der Waals surface area contributed by atoms with Crippen molar-refractivity contribution in [1.82, 2.24) is 4.98 Å². The first kappa shape index (κ1) is 13.8. The van der Waals surface area contributed by atoms with Crippen molar-refractivity contribution in [3.05, 3.63) is 18.3 Å². The third-order valence-corrected chi connectivity index (χ3v) is 4.09. The molecule has 2 N–H and O–H groups in total. The average molecular weight is 286 g/mol. The van der Waals surface area contributed by atoms with E-state index in [0.717, 1.165) is 6.26 Å². The van der Waals surface area contributed by atoms with Crippen molar-refractivity contribution >= 4 is 21.6 Å². The van der Waals surface area contributed by atoms with Crippen LogP contribution in [0.15, 0.2) is 23.2 Å². The number of carbonyl (C=O) groups is 1. The number of pyridine rings is 1. The van der Waals surface area contributed by atoms with Crippen LogP contribution in [0.4, 0.5) is 5.82 Å². The van der Waals surface area contributed by atoms with Crippen LogP contribution in [0.3, 0.4) is 0 Å². The first-order valence-electron chi connectivity index (χ1n) is 5.60. The molecule has 8 heteroatoms. The van der Waals surface area contributed by atoms with Crippen molar-refractivity contribution in [2.75, 3.05) is 24.8 Å². The van der Waals surface area contributed by atoms with Crippen molar-refractivity contribution in [1.29, 1.82) is 0 Å². The fourth-order valence-electron chi connectivity index (χ4n) is 1.90.